The molecule has 0 atom stereocenters. The van der Waals surface area contributed by atoms with Gasteiger partial charge >= 0.3 is 6.85 Å². The Morgan fingerprint density at radius 3 is 1.90 bits per heavy atom. The Bertz CT molecular complexity index is 3640. The second-order valence-corrected chi connectivity index (χ2v) is 20.1. The van der Waals surface area contributed by atoms with Crippen LogP contribution in [-0.4, -0.2) is 11.4 Å². The molecule has 0 bridgehead atoms. The van der Waals surface area contributed by atoms with Crippen molar-refractivity contribution < 1.29 is 0 Å². The van der Waals surface area contributed by atoms with Gasteiger partial charge in [-0.2, -0.15) is 0 Å². The van der Waals surface area contributed by atoms with E-state index in [1.54, 1.807) is 0 Å². The van der Waals surface area contributed by atoms with Gasteiger partial charge in [-0.1, -0.05) is 106 Å². The number of hydrogen-bond acceptors (Lipinski definition) is 4. The molecule has 0 N–H and O–H groups in total. The first-order valence-corrected chi connectivity index (χ1v) is 22.5. The van der Waals surface area contributed by atoms with Crippen LogP contribution >= 0.6 is 35.3 Å². The SMILES string of the molecule is Cc1ccccc1-c1cc2c3ccc4c5c3n(c2cc1S)-c1cc2c(cc1B5N(c1ccc(C(C)(C)C)cc1)c1cc3c(cc1-4)sc1ccccc13)sc1ccccc12. The van der Waals surface area contributed by atoms with E-state index < -0.39 is 0 Å². The highest BCUT2D eigenvalue weighted by molar-refractivity contribution is 7.80. The van der Waals surface area contributed by atoms with Crippen LogP contribution in [0.1, 0.15) is 31.9 Å². The lowest BCUT2D eigenvalue weighted by Gasteiger charge is -2.42. The van der Waals surface area contributed by atoms with Crippen molar-refractivity contribution in [2.24, 2.45) is 0 Å². The minimum Gasteiger partial charge on any atom is -0.376 e. The molecule has 0 spiro atoms. The summed E-state index contributed by atoms with van der Waals surface area (Å²) in [5, 5.41) is 7.80. The zero-order chi connectivity index (χ0) is 39.5. The number of benzene rings is 8. The van der Waals surface area contributed by atoms with Gasteiger partial charge in [0.25, 0.3) is 0 Å². The third-order valence-electron chi connectivity index (χ3n) is 13.2. The summed E-state index contributed by atoms with van der Waals surface area (Å²) in [6, 6.07) is 55.5. The summed E-state index contributed by atoms with van der Waals surface area (Å²) in [7, 11) is 0. The van der Waals surface area contributed by atoms with E-state index in [1.165, 1.54) is 124 Å². The molecule has 59 heavy (non-hydrogen) atoms. The third kappa shape index (κ3) is 4.65. The van der Waals surface area contributed by atoms with E-state index in [-0.39, 0.29) is 12.3 Å². The first kappa shape index (κ1) is 34.1. The minimum absolute atomic E-state index is 0.0486. The number of aromatic nitrogens is 1. The smallest absolute Gasteiger partial charge is 0.333 e. The van der Waals surface area contributed by atoms with Gasteiger partial charge in [0.05, 0.1) is 11.0 Å². The molecule has 8 aromatic carbocycles. The predicted molar refractivity (Wildman–Crippen MR) is 262 cm³/mol. The fraction of sp³-hybridized carbons (Fsp3) is 0.0943. The summed E-state index contributed by atoms with van der Waals surface area (Å²) < 4.78 is 7.88. The van der Waals surface area contributed by atoms with Crippen LogP contribution in [0, 0.1) is 6.92 Å². The predicted octanol–water partition coefficient (Wildman–Crippen LogP) is 14.3. The number of hydrogen-bond donors (Lipinski definition) is 1. The van der Waals surface area contributed by atoms with E-state index in [2.05, 4.69) is 183 Å². The molecule has 2 nitrogen and oxygen atoms in total. The molecule has 2 aliphatic heterocycles. The van der Waals surface area contributed by atoms with Gasteiger partial charge in [0.2, 0.25) is 0 Å². The molecule has 2 aliphatic rings. The van der Waals surface area contributed by atoms with E-state index >= 15 is 0 Å². The van der Waals surface area contributed by atoms with Crippen molar-refractivity contribution in [1.29, 1.82) is 0 Å². The summed E-state index contributed by atoms with van der Waals surface area (Å²) in [5.74, 6) is 0. The molecule has 13 rings (SSSR count). The summed E-state index contributed by atoms with van der Waals surface area (Å²) in [6.45, 7) is 9.05. The van der Waals surface area contributed by atoms with Crippen molar-refractivity contribution in [1.82, 2.24) is 4.57 Å². The van der Waals surface area contributed by atoms with Crippen molar-refractivity contribution in [3.05, 3.63) is 157 Å². The van der Waals surface area contributed by atoms with Crippen LogP contribution in [0.25, 0.3) is 90.1 Å². The lowest BCUT2D eigenvalue weighted by Crippen LogP contribution is -2.60. The van der Waals surface area contributed by atoms with Gasteiger partial charge in [-0.25, -0.2) is 0 Å². The average molecular weight is 809 g/mol. The minimum atomic E-state index is -0.0585. The fourth-order valence-electron chi connectivity index (χ4n) is 10.4. The molecule has 280 valence electrons. The number of thiophene rings is 2. The van der Waals surface area contributed by atoms with Gasteiger partial charge in [-0.3, -0.25) is 0 Å². The first-order valence-electron chi connectivity index (χ1n) is 20.4. The molecule has 6 heteroatoms. The van der Waals surface area contributed by atoms with Crippen molar-refractivity contribution in [2.45, 2.75) is 38.0 Å². The maximum Gasteiger partial charge on any atom is 0.333 e. The van der Waals surface area contributed by atoms with Crippen LogP contribution < -0.4 is 15.7 Å². The molecular formula is C53H37BN2S3. The Kier molecular flexibility index (Phi) is 6.89. The lowest BCUT2D eigenvalue weighted by molar-refractivity contribution is 0.590. The van der Waals surface area contributed by atoms with Crippen LogP contribution in [0.15, 0.2) is 150 Å². The molecule has 0 radical (unpaired) electrons. The van der Waals surface area contributed by atoms with Crippen molar-refractivity contribution >= 4 is 127 Å². The second-order valence-electron chi connectivity index (χ2n) is 17.5. The molecule has 5 heterocycles. The highest BCUT2D eigenvalue weighted by Crippen LogP contribution is 2.50. The number of anilines is 2. The zero-order valence-corrected chi connectivity index (χ0v) is 35.6. The molecule has 0 saturated carbocycles. The summed E-state index contributed by atoms with van der Waals surface area (Å²) in [5.41, 5.74) is 16.5. The third-order valence-corrected chi connectivity index (χ3v) is 15.8. The maximum absolute atomic E-state index is 5.24. The van der Waals surface area contributed by atoms with E-state index in [0.29, 0.717) is 0 Å². The van der Waals surface area contributed by atoms with E-state index in [1.807, 2.05) is 22.7 Å². The standard InChI is InChI=1S/C53H37BN2S3/c1-29-11-5-6-12-32(29)39-23-37-36-22-21-35-38-26-49-40(33-13-7-9-15-47(33)58-49)24-44(38)56(31-19-17-30(18-20-31)53(2,3)4)54-42-27-50-41(34-14-8-10-16-48(34)59-50)25-45(42)55(52(36)51(35)54)43(37)28-46(39)57/h5-28,57H,1-4H3. The molecule has 11 aromatic rings. The molecule has 0 saturated heterocycles. The average Bonchev–Trinajstić information content (AvgIpc) is 3.90. The zero-order valence-electron chi connectivity index (χ0n) is 33.1. The van der Waals surface area contributed by atoms with Gasteiger partial charge in [-0.15, -0.1) is 35.3 Å². The fourth-order valence-corrected chi connectivity index (χ4v) is 12.9. The molecule has 0 unspecified atom stereocenters. The second kappa shape index (κ2) is 11.9. The molecule has 0 fully saturated rings. The molecular weight excluding hydrogens is 772 g/mol. The largest absolute Gasteiger partial charge is 0.376 e. The van der Waals surface area contributed by atoms with Crippen LogP contribution in [-0.2, 0) is 5.41 Å². The Hall–Kier alpha value is -5.79. The number of nitrogens with zero attached hydrogens (tertiary/aromatic N) is 2. The van der Waals surface area contributed by atoms with Crippen molar-refractivity contribution in [2.75, 3.05) is 4.81 Å². The Labute approximate surface area is 356 Å². The van der Waals surface area contributed by atoms with Crippen LogP contribution in [0.3, 0.4) is 0 Å². The molecule has 0 amide bonds. The van der Waals surface area contributed by atoms with E-state index in [0.717, 1.165) is 4.90 Å². The normalized spacial score (nSPS) is 13.4. The maximum atomic E-state index is 5.24. The number of rotatable bonds is 2. The van der Waals surface area contributed by atoms with Gasteiger partial charge in [0, 0.05) is 78.6 Å². The Balaban J connectivity index is 1.20. The van der Waals surface area contributed by atoms with Gasteiger partial charge in [0.1, 0.15) is 0 Å². The van der Waals surface area contributed by atoms with E-state index in [9.17, 15) is 0 Å². The monoisotopic (exact) mass is 808 g/mol. The van der Waals surface area contributed by atoms with Crippen LogP contribution in [0.5, 0.6) is 0 Å². The first-order chi connectivity index (χ1) is 28.7. The molecule has 3 aromatic heterocycles. The van der Waals surface area contributed by atoms with Crippen molar-refractivity contribution in [3.63, 3.8) is 0 Å². The highest BCUT2D eigenvalue weighted by atomic mass is 32.1. The summed E-state index contributed by atoms with van der Waals surface area (Å²) in [4.78, 5) is 3.67. The number of aryl methyl sites for hydroxylation is 1. The van der Waals surface area contributed by atoms with Crippen LogP contribution in [0.4, 0.5) is 11.4 Å². The van der Waals surface area contributed by atoms with Crippen LogP contribution in [0.2, 0.25) is 0 Å². The summed E-state index contributed by atoms with van der Waals surface area (Å²) in [6.07, 6.45) is 0. The van der Waals surface area contributed by atoms with Crippen molar-refractivity contribution in [3.8, 4) is 27.9 Å². The number of thiol groups is 1. The van der Waals surface area contributed by atoms with E-state index in [4.69, 9.17) is 12.6 Å². The van der Waals surface area contributed by atoms with Gasteiger partial charge < -0.3 is 9.38 Å². The Morgan fingerprint density at radius 1 is 0.525 bits per heavy atom. The molecule has 0 aliphatic carbocycles. The lowest BCUT2D eigenvalue weighted by atomic mass is 9.44. The Morgan fingerprint density at radius 2 is 1.19 bits per heavy atom. The topological polar surface area (TPSA) is 8.17 Å². The summed E-state index contributed by atoms with van der Waals surface area (Å²) >= 11 is 9.05. The highest BCUT2D eigenvalue weighted by Gasteiger charge is 2.44. The van der Waals surface area contributed by atoms with Gasteiger partial charge in [-0.05, 0) is 112 Å². The van der Waals surface area contributed by atoms with Gasteiger partial charge in [0.15, 0.2) is 0 Å². The quantitative estimate of drug-likeness (QED) is 0.135. The number of fused-ring (bicyclic) bond motifs is 14.